The molecule has 572 valence electrons. The van der Waals surface area contributed by atoms with Crippen LogP contribution in [0.1, 0.15) is 105 Å². The molecule has 0 aliphatic carbocycles. The number of aliphatic hydroxyl groups is 5. The van der Waals surface area contributed by atoms with Crippen molar-refractivity contribution in [3.8, 4) is 57.1 Å². The number of primary amides is 1. The van der Waals surface area contributed by atoms with Gasteiger partial charge < -0.3 is 123 Å². The molecule has 18 atom stereocenters. The number of halogens is 2. The van der Waals surface area contributed by atoms with E-state index in [4.69, 9.17) is 63.1 Å². The third-order valence-electron chi connectivity index (χ3n) is 18.6. The van der Waals surface area contributed by atoms with Crippen LogP contribution in [0.2, 0.25) is 10.0 Å². The Morgan fingerprint density at radius 2 is 1.38 bits per heavy atom. The normalized spacial score (nSPS) is 28.5. The Hall–Kier alpha value is -9.74. The number of carbonyl (C=O) groups is 8. The summed E-state index contributed by atoms with van der Waals surface area (Å²) in [7, 11) is 3.02. The number of hydrogen-bond donors (Lipinski definition) is 18. The first kappa shape index (κ1) is 78.3. The summed E-state index contributed by atoms with van der Waals surface area (Å²) in [5, 5.41) is 133. The fourth-order valence-electron chi connectivity index (χ4n) is 13.0. The summed E-state index contributed by atoms with van der Waals surface area (Å²) in [6, 6.07) is -0.489. The predicted octanol–water partition coefficient (Wildman–Crippen LogP) is 0.430. The zero-order chi connectivity index (χ0) is 77.5. The van der Waals surface area contributed by atoms with Crippen LogP contribution in [0.4, 0.5) is 0 Å². The predicted molar refractivity (Wildman–Crippen MR) is 372 cm³/mol. The van der Waals surface area contributed by atoms with E-state index in [-0.39, 0.29) is 62.9 Å². The number of carboxylic acids is 1. The molecule has 2 unspecified atom stereocenters. The van der Waals surface area contributed by atoms with Gasteiger partial charge in [0.1, 0.15) is 83.4 Å². The number of fused-ring (bicyclic) bond motifs is 15. The van der Waals surface area contributed by atoms with Crippen LogP contribution < -0.4 is 62.9 Å². The highest BCUT2D eigenvalue weighted by Crippen LogP contribution is 2.50. The van der Waals surface area contributed by atoms with Gasteiger partial charge in [0.15, 0.2) is 29.9 Å². The summed E-state index contributed by atoms with van der Waals surface area (Å²) < 4.78 is 40.7. The Bertz CT molecular complexity index is 4460. The maximum atomic E-state index is 16.2. The van der Waals surface area contributed by atoms with E-state index >= 15 is 14.4 Å². The number of nitrogens with two attached hydrogens (primary N) is 2. The van der Waals surface area contributed by atoms with E-state index in [1.165, 1.54) is 44.8 Å². The molecular weight excluding hydrogens is 1470 g/mol. The number of aromatic hydroxyl groups is 3. The number of thioether (sulfide) groups is 1. The number of phenolic OH excluding ortho intramolecular Hbond substituents is 3. The fourth-order valence-corrected chi connectivity index (χ4v) is 14.3. The third-order valence-corrected chi connectivity index (χ3v) is 20.2. The lowest BCUT2D eigenvalue weighted by Gasteiger charge is -2.47. The van der Waals surface area contributed by atoms with Crippen molar-refractivity contribution in [2.45, 2.75) is 161 Å². The number of nitrogens with zero attached hydrogens (tertiary/aromatic N) is 4. The number of likely N-dealkylation sites (N-methyl/N-ethyl adjacent to an activating group) is 1. The molecule has 39 heteroatoms. The zero-order valence-electron chi connectivity index (χ0n) is 57.6. The average Bonchev–Trinajstić information content (AvgIpc) is 0.849. The first-order valence-corrected chi connectivity index (χ1v) is 35.0. The van der Waals surface area contributed by atoms with Crippen LogP contribution in [0.25, 0.3) is 11.1 Å². The molecule has 2 fully saturated rings. The minimum Gasteiger partial charge on any atom is -0.508 e. The SMILES string of the molecule is CN[C@H](CC(C)C)C(=O)N[C@H]1C(=O)N[C@@H](CC(N)=O)C(=O)NC2C(=O)N[C@H]3C(=O)NC(C(=O)N[C@H](C(=O)O)c4cc(O)cc(O)c4-c4cc3ccc4O)[C@H](O)c3ccc(c(Cl)c3)Oc3cc2cc(c3O[C@@H]2O[C@H](CSc3nnnn3C)[C@@H](O)[C@H](O)[C@H]2O[C@H]2C[C@](C)(N)[C@H](O)[C@H](C)O2)Oc2ccc(cc2Cl)[C@H]1O. The van der Waals surface area contributed by atoms with E-state index in [0.717, 1.165) is 78.5 Å². The van der Waals surface area contributed by atoms with Crippen molar-refractivity contribution in [1.29, 1.82) is 0 Å². The molecule has 1 aromatic heterocycles. The molecule has 20 N–H and O–H groups in total. The lowest BCUT2D eigenvalue weighted by atomic mass is 9.86. The topological polar surface area (TPSA) is 554 Å². The van der Waals surface area contributed by atoms with Gasteiger partial charge in [0, 0.05) is 47.5 Å². The summed E-state index contributed by atoms with van der Waals surface area (Å²) in [5.74, 6) is -16.1. The Labute approximate surface area is 622 Å². The Morgan fingerprint density at radius 3 is 1.98 bits per heavy atom. The largest absolute Gasteiger partial charge is 0.508 e. The smallest absolute Gasteiger partial charge is 0.330 e. The quantitative estimate of drug-likeness (QED) is 0.0620. The number of phenols is 3. The highest BCUT2D eigenvalue weighted by atomic mass is 35.5. The molecule has 8 heterocycles. The molecule has 11 bridgehead atoms. The monoisotopic (exact) mass is 1550 g/mol. The van der Waals surface area contributed by atoms with Crippen molar-refractivity contribution in [1.82, 2.24) is 57.4 Å². The van der Waals surface area contributed by atoms with Gasteiger partial charge in [-0.15, -0.1) is 5.10 Å². The number of ether oxygens (including phenoxy) is 6. The minimum absolute atomic E-state index is 0.100. The number of hydrogen-bond acceptors (Lipinski definition) is 28. The average molecular weight is 1550 g/mol. The second kappa shape index (κ2) is 32.0. The lowest BCUT2D eigenvalue weighted by molar-refractivity contribution is -0.329. The number of benzene rings is 5. The number of amides is 7. The van der Waals surface area contributed by atoms with Gasteiger partial charge in [0.05, 0.1) is 40.8 Å². The van der Waals surface area contributed by atoms with Crippen LogP contribution >= 0.6 is 35.0 Å². The second-order valence-corrected chi connectivity index (χ2v) is 28.7. The summed E-state index contributed by atoms with van der Waals surface area (Å²) in [5.41, 5.74) is 8.16. The molecule has 13 rings (SSSR count). The number of rotatable bonds is 15. The summed E-state index contributed by atoms with van der Waals surface area (Å²) in [6.45, 7) is 6.68. The second-order valence-electron chi connectivity index (χ2n) is 26.9. The number of carbonyl (C=O) groups excluding carboxylic acids is 7. The van der Waals surface area contributed by atoms with Gasteiger partial charge in [-0.1, -0.05) is 67.0 Å². The number of aliphatic hydroxyl groups excluding tert-OH is 5. The number of nitrogens with one attached hydrogen (secondary N) is 7. The molecule has 7 aliphatic heterocycles. The highest BCUT2D eigenvalue weighted by Gasteiger charge is 2.52. The molecule has 6 aromatic rings. The molecule has 7 amide bonds. The molecule has 2 saturated heterocycles. The summed E-state index contributed by atoms with van der Waals surface area (Å²) in [6.07, 6.45) is -18.1. The molecular formula is C68H77Cl2N13O23S. The van der Waals surface area contributed by atoms with Crippen molar-refractivity contribution in [3.05, 3.63) is 117 Å². The summed E-state index contributed by atoms with van der Waals surface area (Å²) in [4.78, 5) is 118. The van der Waals surface area contributed by atoms with E-state index in [9.17, 15) is 69.9 Å². The standard InChI is InChI=1S/C68H77Cl2N13O23S/c1-24(2)13-35(73-5)59(93)78-50-52(88)27-8-11-39(33(69)15-27)102-41-17-29-18-42(56(41)106-66-57(105-45-22-68(4,72)58(92)25(3)101-45)55(91)54(90)43(104-66)23-107-67-80-81-82-83(67)6)103-40-12-9-28(16-34(40)70)53(89)51-64(98)77-49(65(99)100)32-19-30(84)20-38(86)46(32)31-14-26(7-10-37(31)85)47(61(95)79-51)76-62(96)48(29)75-60(94)36(21-44(71)87)74-63(50)97/h7-12,14-20,24-25,35-36,43,45,47-55,57-58,66,73,84-86,88-92H,13,21-23,72H2,1-6H3,(H2,71,87)(H,74,97)(H,75,94)(H,76,96)(H,77,98)(H,78,93)(H,79,95)(H,99,100)/t25-,35+,36-,43+,45-,47+,48?,49-,50+,51?,52+,53+,54+,55-,57+,58+,66-,68-/m0/s1. The minimum atomic E-state index is -2.35. The highest BCUT2D eigenvalue weighted by molar-refractivity contribution is 7.99. The zero-order valence-corrected chi connectivity index (χ0v) is 59.9. The van der Waals surface area contributed by atoms with Crippen LogP contribution in [0.5, 0.6) is 46.0 Å². The van der Waals surface area contributed by atoms with Gasteiger partial charge in [-0.2, -0.15) is 0 Å². The third kappa shape index (κ3) is 16.9. The van der Waals surface area contributed by atoms with Crippen LogP contribution in [0.15, 0.2) is 84.0 Å². The van der Waals surface area contributed by atoms with Crippen molar-refractivity contribution in [2.24, 2.45) is 24.4 Å². The van der Waals surface area contributed by atoms with Crippen LogP contribution in [0, 0.1) is 5.92 Å². The summed E-state index contributed by atoms with van der Waals surface area (Å²) >= 11 is 15.2. The van der Waals surface area contributed by atoms with E-state index < -0.39 is 225 Å². The Morgan fingerprint density at radius 1 is 0.757 bits per heavy atom. The molecule has 107 heavy (non-hydrogen) atoms. The van der Waals surface area contributed by atoms with Gasteiger partial charge in [0.25, 0.3) is 0 Å². The number of aromatic nitrogens is 4. The van der Waals surface area contributed by atoms with Gasteiger partial charge in [-0.3, -0.25) is 33.6 Å². The van der Waals surface area contributed by atoms with Crippen LogP contribution in [-0.2, 0) is 59.6 Å². The van der Waals surface area contributed by atoms with Gasteiger partial charge in [-0.05, 0) is 121 Å². The van der Waals surface area contributed by atoms with E-state index in [1.807, 2.05) is 13.8 Å². The lowest BCUT2D eigenvalue weighted by Crippen LogP contribution is -2.64. The Kier molecular flexibility index (Phi) is 23.4. The molecule has 0 spiro atoms. The van der Waals surface area contributed by atoms with Gasteiger partial charge in [-0.25, -0.2) is 9.48 Å². The van der Waals surface area contributed by atoms with Gasteiger partial charge in [0.2, 0.25) is 58.5 Å². The van der Waals surface area contributed by atoms with Crippen molar-refractivity contribution < 1.29 is 113 Å². The number of tetrazole rings is 1. The molecule has 7 aliphatic rings. The fraction of sp³-hybridized carbons (Fsp3) is 0.426. The van der Waals surface area contributed by atoms with Crippen LogP contribution in [-0.4, -0.2) is 205 Å². The van der Waals surface area contributed by atoms with Crippen molar-refractivity contribution >= 4 is 82.3 Å². The van der Waals surface area contributed by atoms with Crippen LogP contribution in [0.3, 0.4) is 0 Å². The van der Waals surface area contributed by atoms with Crippen molar-refractivity contribution in [3.63, 3.8) is 0 Å². The first-order chi connectivity index (χ1) is 50.6. The Balaban J connectivity index is 1.16. The van der Waals surface area contributed by atoms with Gasteiger partial charge >= 0.3 is 5.97 Å². The number of carboxylic acid groups (broad SMARTS) is 1. The number of aliphatic carboxylic acids is 1. The molecule has 36 nitrogen and oxygen atoms in total. The maximum Gasteiger partial charge on any atom is 0.330 e. The molecule has 0 radical (unpaired) electrons. The van der Waals surface area contributed by atoms with Crippen molar-refractivity contribution in [2.75, 3.05) is 12.8 Å². The molecule has 0 saturated carbocycles. The number of aryl methyl sites for hydroxylation is 1. The van der Waals surface area contributed by atoms with E-state index in [1.54, 1.807) is 0 Å². The first-order valence-electron chi connectivity index (χ1n) is 33.3. The van der Waals surface area contributed by atoms with E-state index in [0.29, 0.717) is 0 Å². The maximum absolute atomic E-state index is 16.2. The van der Waals surface area contributed by atoms with E-state index in [2.05, 4.69) is 52.7 Å². The molecule has 5 aromatic carbocycles.